The number of nitrogens with one attached hydrogen (secondary N) is 1. The molecular weight excluding hydrogens is 362 g/mol. The molecule has 24 heavy (non-hydrogen) atoms. The zero-order valence-corrected chi connectivity index (χ0v) is 15.2. The van der Waals surface area contributed by atoms with Gasteiger partial charge in [-0.15, -0.1) is 0 Å². The Hall–Kier alpha value is -2.26. The summed E-state index contributed by atoms with van der Waals surface area (Å²) >= 11 is 3.45. The van der Waals surface area contributed by atoms with Gasteiger partial charge in [-0.05, 0) is 42.3 Å². The van der Waals surface area contributed by atoms with Gasteiger partial charge in [0.1, 0.15) is 12.4 Å². The summed E-state index contributed by atoms with van der Waals surface area (Å²) in [6, 6.07) is 24.7. The molecule has 122 valence electrons. The Bertz CT molecular complexity index is 799. The SMILES string of the molecule is Cc1ccccc1NCc1ccccc1OCc1ccc(Br)cc1. The minimum absolute atomic E-state index is 0.564. The van der Waals surface area contributed by atoms with E-state index in [0.29, 0.717) is 6.61 Å². The van der Waals surface area contributed by atoms with E-state index in [0.717, 1.165) is 33.6 Å². The van der Waals surface area contributed by atoms with Gasteiger partial charge in [0.25, 0.3) is 0 Å². The summed E-state index contributed by atoms with van der Waals surface area (Å²) in [7, 11) is 0. The van der Waals surface area contributed by atoms with Crippen molar-refractivity contribution in [2.24, 2.45) is 0 Å². The second-order valence-corrected chi connectivity index (χ2v) is 6.61. The zero-order chi connectivity index (χ0) is 16.8. The van der Waals surface area contributed by atoms with Crippen LogP contribution in [0, 0.1) is 6.92 Å². The van der Waals surface area contributed by atoms with Gasteiger partial charge < -0.3 is 10.1 Å². The number of halogens is 1. The molecule has 0 aliphatic carbocycles. The molecule has 0 aliphatic heterocycles. The lowest BCUT2D eigenvalue weighted by Gasteiger charge is -2.14. The van der Waals surface area contributed by atoms with Crippen LogP contribution in [0.5, 0.6) is 5.75 Å². The van der Waals surface area contributed by atoms with Crippen LogP contribution in [0.25, 0.3) is 0 Å². The average molecular weight is 382 g/mol. The molecule has 0 fully saturated rings. The smallest absolute Gasteiger partial charge is 0.124 e. The fourth-order valence-corrected chi connectivity index (χ4v) is 2.76. The molecule has 0 aromatic heterocycles. The van der Waals surface area contributed by atoms with Crippen molar-refractivity contribution >= 4 is 21.6 Å². The second kappa shape index (κ2) is 8.02. The van der Waals surface area contributed by atoms with Crippen LogP contribution in [0.1, 0.15) is 16.7 Å². The van der Waals surface area contributed by atoms with Crippen molar-refractivity contribution in [2.45, 2.75) is 20.1 Å². The monoisotopic (exact) mass is 381 g/mol. The summed E-state index contributed by atoms with van der Waals surface area (Å²) in [5.74, 6) is 0.918. The van der Waals surface area contributed by atoms with Crippen molar-refractivity contribution in [1.82, 2.24) is 0 Å². The molecule has 3 aromatic carbocycles. The van der Waals surface area contributed by atoms with Gasteiger partial charge in [0, 0.05) is 22.3 Å². The second-order valence-electron chi connectivity index (χ2n) is 5.69. The molecule has 0 amide bonds. The average Bonchev–Trinajstić information content (AvgIpc) is 2.61. The number of anilines is 1. The standard InChI is InChI=1S/C21H20BrNO/c1-16-6-2-4-8-20(16)23-14-18-7-3-5-9-21(18)24-15-17-10-12-19(22)13-11-17/h2-13,23H,14-15H2,1H3. The summed E-state index contributed by atoms with van der Waals surface area (Å²) in [6.07, 6.45) is 0. The minimum Gasteiger partial charge on any atom is -0.489 e. The Labute approximate surface area is 151 Å². The molecule has 3 aromatic rings. The maximum atomic E-state index is 6.03. The van der Waals surface area contributed by atoms with Gasteiger partial charge in [-0.3, -0.25) is 0 Å². The molecule has 2 nitrogen and oxygen atoms in total. The van der Waals surface area contributed by atoms with E-state index in [-0.39, 0.29) is 0 Å². The Balaban J connectivity index is 1.66. The largest absolute Gasteiger partial charge is 0.489 e. The van der Waals surface area contributed by atoms with E-state index in [2.05, 4.69) is 64.6 Å². The summed E-state index contributed by atoms with van der Waals surface area (Å²) in [4.78, 5) is 0. The highest BCUT2D eigenvalue weighted by Gasteiger charge is 2.04. The van der Waals surface area contributed by atoms with Crippen molar-refractivity contribution in [3.63, 3.8) is 0 Å². The first-order valence-electron chi connectivity index (χ1n) is 7.97. The Morgan fingerprint density at radius 1 is 0.875 bits per heavy atom. The Kier molecular flexibility index (Phi) is 5.55. The molecule has 0 aliphatic rings. The third-order valence-electron chi connectivity index (χ3n) is 3.89. The first-order chi connectivity index (χ1) is 11.7. The zero-order valence-electron chi connectivity index (χ0n) is 13.6. The summed E-state index contributed by atoms with van der Waals surface area (Å²) < 4.78 is 7.10. The van der Waals surface area contributed by atoms with E-state index in [9.17, 15) is 0 Å². The summed E-state index contributed by atoms with van der Waals surface area (Å²) in [5, 5.41) is 3.49. The van der Waals surface area contributed by atoms with E-state index in [1.165, 1.54) is 5.56 Å². The van der Waals surface area contributed by atoms with Crippen LogP contribution in [-0.2, 0) is 13.2 Å². The maximum absolute atomic E-state index is 6.03. The summed E-state index contributed by atoms with van der Waals surface area (Å²) in [5.41, 5.74) is 4.70. The van der Waals surface area contributed by atoms with E-state index in [4.69, 9.17) is 4.74 Å². The predicted octanol–water partition coefficient (Wildman–Crippen LogP) is 5.95. The molecule has 0 saturated heterocycles. The van der Waals surface area contributed by atoms with Crippen molar-refractivity contribution in [3.05, 3.63) is 94.0 Å². The van der Waals surface area contributed by atoms with Crippen molar-refractivity contribution in [1.29, 1.82) is 0 Å². The van der Waals surface area contributed by atoms with Gasteiger partial charge in [-0.25, -0.2) is 0 Å². The fraction of sp³-hybridized carbons (Fsp3) is 0.143. The first kappa shape index (κ1) is 16.6. The molecule has 3 heteroatoms. The number of benzene rings is 3. The lowest BCUT2D eigenvalue weighted by atomic mass is 10.1. The van der Waals surface area contributed by atoms with Crippen LogP contribution < -0.4 is 10.1 Å². The Morgan fingerprint density at radius 3 is 2.38 bits per heavy atom. The van der Waals surface area contributed by atoms with Gasteiger partial charge in [0.15, 0.2) is 0 Å². The highest BCUT2D eigenvalue weighted by Crippen LogP contribution is 2.22. The van der Waals surface area contributed by atoms with Gasteiger partial charge in [-0.1, -0.05) is 64.5 Å². The lowest BCUT2D eigenvalue weighted by molar-refractivity contribution is 0.303. The topological polar surface area (TPSA) is 21.3 Å². The molecular formula is C21H20BrNO. The molecule has 0 heterocycles. The van der Waals surface area contributed by atoms with Crippen LogP contribution in [-0.4, -0.2) is 0 Å². The highest BCUT2D eigenvalue weighted by atomic mass is 79.9. The van der Waals surface area contributed by atoms with Crippen LogP contribution in [0.2, 0.25) is 0 Å². The number of hydrogen-bond acceptors (Lipinski definition) is 2. The highest BCUT2D eigenvalue weighted by molar-refractivity contribution is 9.10. The van der Waals surface area contributed by atoms with Crippen molar-refractivity contribution < 1.29 is 4.74 Å². The number of hydrogen-bond donors (Lipinski definition) is 1. The molecule has 0 atom stereocenters. The molecule has 3 rings (SSSR count). The van der Waals surface area contributed by atoms with Gasteiger partial charge in [0.05, 0.1) is 0 Å². The van der Waals surface area contributed by atoms with Gasteiger partial charge in [-0.2, -0.15) is 0 Å². The number of para-hydroxylation sites is 2. The van der Waals surface area contributed by atoms with Crippen LogP contribution in [0.4, 0.5) is 5.69 Å². The molecule has 0 spiro atoms. The van der Waals surface area contributed by atoms with Gasteiger partial charge >= 0.3 is 0 Å². The molecule has 0 saturated carbocycles. The normalized spacial score (nSPS) is 10.4. The van der Waals surface area contributed by atoms with E-state index < -0.39 is 0 Å². The van der Waals surface area contributed by atoms with E-state index >= 15 is 0 Å². The third kappa shape index (κ3) is 4.39. The molecule has 0 unspecified atom stereocenters. The van der Waals surface area contributed by atoms with Crippen molar-refractivity contribution in [2.75, 3.05) is 5.32 Å². The molecule has 0 bridgehead atoms. The fourth-order valence-electron chi connectivity index (χ4n) is 2.49. The minimum atomic E-state index is 0.564. The summed E-state index contributed by atoms with van der Waals surface area (Å²) in [6.45, 7) is 3.41. The molecule has 0 radical (unpaired) electrons. The van der Waals surface area contributed by atoms with Crippen LogP contribution in [0.15, 0.2) is 77.3 Å². The predicted molar refractivity (Wildman–Crippen MR) is 103 cm³/mol. The Morgan fingerprint density at radius 2 is 1.58 bits per heavy atom. The number of aryl methyl sites for hydroxylation is 1. The lowest BCUT2D eigenvalue weighted by Crippen LogP contribution is -2.04. The van der Waals surface area contributed by atoms with Crippen LogP contribution in [0.3, 0.4) is 0 Å². The van der Waals surface area contributed by atoms with Gasteiger partial charge in [0.2, 0.25) is 0 Å². The number of rotatable bonds is 6. The third-order valence-corrected chi connectivity index (χ3v) is 4.42. The quantitative estimate of drug-likeness (QED) is 0.569. The molecule has 1 N–H and O–H groups in total. The first-order valence-corrected chi connectivity index (χ1v) is 8.76. The van der Waals surface area contributed by atoms with Crippen LogP contribution >= 0.6 is 15.9 Å². The van der Waals surface area contributed by atoms with Crippen molar-refractivity contribution in [3.8, 4) is 5.75 Å². The number of ether oxygens (including phenoxy) is 1. The van der Waals surface area contributed by atoms with E-state index in [1.807, 2.05) is 36.4 Å². The van der Waals surface area contributed by atoms with E-state index in [1.54, 1.807) is 0 Å². The maximum Gasteiger partial charge on any atom is 0.124 e.